The lowest BCUT2D eigenvalue weighted by atomic mass is 10.0. The fraction of sp³-hybridized carbons (Fsp3) is 0. The van der Waals surface area contributed by atoms with Gasteiger partial charge in [-0.2, -0.15) is 0 Å². The van der Waals surface area contributed by atoms with E-state index < -0.39 is 0 Å². The highest BCUT2D eigenvalue weighted by Crippen LogP contribution is 2.33. The maximum atomic E-state index is 6.42. The van der Waals surface area contributed by atoms with Gasteiger partial charge in [0.25, 0.3) is 0 Å². The van der Waals surface area contributed by atoms with E-state index in [-0.39, 0.29) is 0 Å². The van der Waals surface area contributed by atoms with Gasteiger partial charge in [0.1, 0.15) is 0 Å². The van der Waals surface area contributed by atoms with E-state index in [1.54, 1.807) is 0 Å². The Hall–Kier alpha value is -3.75. The molecular formula is C28H19ClN2. The molecule has 4 aromatic carbocycles. The number of halogens is 1. The van der Waals surface area contributed by atoms with Crippen molar-refractivity contribution in [1.29, 1.82) is 0 Å². The summed E-state index contributed by atoms with van der Waals surface area (Å²) in [4.78, 5) is 9.88. The summed E-state index contributed by atoms with van der Waals surface area (Å²) < 4.78 is 0. The summed E-state index contributed by atoms with van der Waals surface area (Å²) in [5.74, 6) is 0. The lowest BCUT2D eigenvalue weighted by molar-refractivity contribution is 1.21. The van der Waals surface area contributed by atoms with E-state index >= 15 is 0 Å². The molecule has 0 aliphatic carbocycles. The second-order valence-electron chi connectivity index (χ2n) is 7.25. The molecule has 148 valence electrons. The number of hydrogen-bond donors (Lipinski definition) is 0. The van der Waals surface area contributed by atoms with Crippen LogP contribution in [0.4, 0.5) is 0 Å². The van der Waals surface area contributed by atoms with Gasteiger partial charge in [-0.3, -0.25) is 4.98 Å². The summed E-state index contributed by atoms with van der Waals surface area (Å²) in [6, 6.07) is 36.5. The van der Waals surface area contributed by atoms with E-state index in [0.717, 1.165) is 49.9 Å². The predicted molar refractivity (Wildman–Crippen MR) is 129 cm³/mol. The maximum Gasteiger partial charge on any atom is 0.0972 e. The molecule has 0 spiro atoms. The van der Waals surface area contributed by atoms with Crippen LogP contribution >= 0.6 is 11.6 Å². The van der Waals surface area contributed by atoms with Gasteiger partial charge in [0, 0.05) is 27.3 Å². The molecule has 1 heterocycles. The molecule has 0 aliphatic heterocycles. The molecule has 5 aromatic rings. The fourth-order valence-electron chi connectivity index (χ4n) is 3.67. The van der Waals surface area contributed by atoms with Crippen molar-refractivity contribution in [1.82, 2.24) is 9.97 Å². The second-order valence-corrected chi connectivity index (χ2v) is 7.65. The van der Waals surface area contributed by atoms with E-state index in [0.29, 0.717) is 0 Å². The first-order valence-electron chi connectivity index (χ1n) is 10.1. The monoisotopic (exact) mass is 418 g/mol. The van der Waals surface area contributed by atoms with Gasteiger partial charge < -0.3 is 0 Å². The molecule has 31 heavy (non-hydrogen) atoms. The standard InChI is InChI=1S/C28H19ClN2/c29-25-17-8-7-16-24(25)22-14-9-15-23(18-22)26-19-30-27(20-10-3-1-4-11-20)28(31-26)21-12-5-2-6-13-21/h1-19H. The molecule has 0 saturated heterocycles. The van der Waals surface area contributed by atoms with Crippen LogP contribution in [0.5, 0.6) is 0 Å². The summed E-state index contributed by atoms with van der Waals surface area (Å²) in [6.45, 7) is 0. The SMILES string of the molecule is Clc1ccccc1-c1cccc(-c2cnc(-c3ccccc3)c(-c3ccccc3)n2)c1. The number of benzene rings is 4. The predicted octanol–water partition coefficient (Wildman–Crippen LogP) is 7.80. The largest absolute Gasteiger partial charge is 0.252 e. The van der Waals surface area contributed by atoms with Crippen molar-refractivity contribution < 1.29 is 0 Å². The normalized spacial score (nSPS) is 10.7. The third-order valence-corrected chi connectivity index (χ3v) is 5.54. The van der Waals surface area contributed by atoms with E-state index in [9.17, 15) is 0 Å². The lowest BCUT2D eigenvalue weighted by Crippen LogP contribution is -1.96. The molecule has 5 rings (SSSR count). The molecular weight excluding hydrogens is 400 g/mol. The van der Waals surface area contributed by atoms with Gasteiger partial charge in [-0.1, -0.05) is 109 Å². The summed E-state index contributed by atoms with van der Waals surface area (Å²) in [5.41, 5.74) is 7.71. The smallest absolute Gasteiger partial charge is 0.0972 e. The minimum atomic E-state index is 0.732. The fourth-order valence-corrected chi connectivity index (χ4v) is 3.92. The van der Waals surface area contributed by atoms with Crippen LogP contribution in [0.25, 0.3) is 44.9 Å². The first kappa shape index (κ1) is 19.2. The second kappa shape index (κ2) is 8.55. The first-order valence-corrected chi connectivity index (χ1v) is 10.5. The van der Waals surface area contributed by atoms with Gasteiger partial charge in [-0.05, 0) is 17.7 Å². The third-order valence-electron chi connectivity index (χ3n) is 5.21. The molecule has 0 unspecified atom stereocenters. The van der Waals surface area contributed by atoms with Crippen molar-refractivity contribution in [3.63, 3.8) is 0 Å². The Morgan fingerprint density at radius 2 is 1.10 bits per heavy atom. The Bertz CT molecular complexity index is 1330. The van der Waals surface area contributed by atoms with Crippen LogP contribution in [0.15, 0.2) is 115 Å². The first-order chi connectivity index (χ1) is 15.3. The molecule has 2 nitrogen and oxygen atoms in total. The van der Waals surface area contributed by atoms with E-state index in [4.69, 9.17) is 21.6 Å². The quantitative estimate of drug-likeness (QED) is 0.297. The summed E-state index contributed by atoms with van der Waals surface area (Å²) >= 11 is 6.42. The summed E-state index contributed by atoms with van der Waals surface area (Å²) in [7, 11) is 0. The Kier molecular flexibility index (Phi) is 5.30. The number of hydrogen-bond acceptors (Lipinski definition) is 2. The minimum Gasteiger partial charge on any atom is -0.252 e. The third kappa shape index (κ3) is 3.98. The average Bonchev–Trinajstić information content (AvgIpc) is 2.85. The van der Waals surface area contributed by atoms with Crippen LogP contribution in [0.2, 0.25) is 5.02 Å². The Labute approximate surface area is 186 Å². The molecule has 3 heteroatoms. The highest BCUT2D eigenvalue weighted by Gasteiger charge is 2.13. The molecule has 0 bridgehead atoms. The number of aromatic nitrogens is 2. The molecule has 0 aliphatic rings. The Morgan fingerprint density at radius 1 is 0.516 bits per heavy atom. The van der Waals surface area contributed by atoms with Crippen molar-refractivity contribution in [3.05, 3.63) is 120 Å². The van der Waals surface area contributed by atoms with Crippen molar-refractivity contribution in [3.8, 4) is 44.9 Å². The molecule has 0 N–H and O–H groups in total. The zero-order valence-corrected chi connectivity index (χ0v) is 17.5. The summed E-state index contributed by atoms with van der Waals surface area (Å²) in [6.07, 6.45) is 1.85. The van der Waals surface area contributed by atoms with Gasteiger partial charge in [-0.15, -0.1) is 0 Å². The van der Waals surface area contributed by atoms with Crippen LogP contribution in [-0.2, 0) is 0 Å². The van der Waals surface area contributed by atoms with Crippen LogP contribution in [0.1, 0.15) is 0 Å². The highest BCUT2D eigenvalue weighted by atomic mass is 35.5. The Morgan fingerprint density at radius 3 is 1.81 bits per heavy atom. The molecule has 0 fully saturated rings. The molecule has 0 radical (unpaired) electrons. The van der Waals surface area contributed by atoms with Crippen molar-refractivity contribution in [2.24, 2.45) is 0 Å². The van der Waals surface area contributed by atoms with Crippen molar-refractivity contribution >= 4 is 11.6 Å². The highest BCUT2D eigenvalue weighted by molar-refractivity contribution is 6.33. The van der Waals surface area contributed by atoms with Crippen molar-refractivity contribution in [2.45, 2.75) is 0 Å². The molecule has 1 aromatic heterocycles. The Balaban J connectivity index is 1.65. The van der Waals surface area contributed by atoms with Gasteiger partial charge in [-0.25, -0.2) is 4.98 Å². The van der Waals surface area contributed by atoms with Crippen LogP contribution < -0.4 is 0 Å². The van der Waals surface area contributed by atoms with Crippen molar-refractivity contribution in [2.75, 3.05) is 0 Å². The van der Waals surface area contributed by atoms with Gasteiger partial charge in [0.2, 0.25) is 0 Å². The number of nitrogens with zero attached hydrogens (tertiary/aromatic N) is 2. The molecule has 0 amide bonds. The lowest BCUT2D eigenvalue weighted by Gasteiger charge is -2.12. The van der Waals surface area contributed by atoms with Gasteiger partial charge >= 0.3 is 0 Å². The zero-order chi connectivity index (χ0) is 21.0. The van der Waals surface area contributed by atoms with E-state index in [1.165, 1.54) is 0 Å². The number of rotatable bonds is 4. The van der Waals surface area contributed by atoms with E-state index in [2.05, 4.69) is 42.5 Å². The average molecular weight is 419 g/mol. The van der Waals surface area contributed by atoms with Gasteiger partial charge in [0.05, 0.1) is 23.3 Å². The molecule has 0 saturated carbocycles. The topological polar surface area (TPSA) is 25.8 Å². The van der Waals surface area contributed by atoms with E-state index in [1.807, 2.05) is 72.9 Å². The maximum absolute atomic E-state index is 6.42. The van der Waals surface area contributed by atoms with Gasteiger partial charge in [0.15, 0.2) is 0 Å². The molecule has 0 atom stereocenters. The summed E-state index contributed by atoms with van der Waals surface area (Å²) in [5, 5.41) is 0.732. The van der Waals surface area contributed by atoms with Crippen LogP contribution in [0.3, 0.4) is 0 Å². The van der Waals surface area contributed by atoms with Crippen LogP contribution in [0, 0.1) is 0 Å². The minimum absolute atomic E-state index is 0.732. The van der Waals surface area contributed by atoms with Crippen LogP contribution in [-0.4, -0.2) is 9.97 Å². The zero-order valence-electron chi connectivity index (χ0n) is 16.7.